The van der Waals surface area contributed by atoms with E-state index in [1.165, 1.54) is 5.56 Å². The molecule has 0 bridgehead atoms. The largest absolute Gasteiger partial charge is 0.330 e. The Kier molecular flexibility index (Phi) is 8.71. The van der Waals surface area contributed by atoms with E-state index in [4.69, 9.17) is 5.73 Å². The Labute approximate surface area is 85.4 Å². The number of aryl methyl sites for hydroxylation is 1. The van der Waals surface area contributed by atoms with Crippen LogP contribution < -0.4 is 5.73 Å². The molecular weight excluding hydrogens is 195 g/mol. The Morgan fingerprint density at radius 1 is 1.33 bits per heavy atom. The van der Waals surface area contributed by atoms with Crippen LogP contribution in [-0.2, 0) is 6.42 Å². The summed E-state index contributed by atoms with van der Waals surface area (Å²) in [5.74, 6) is 0. The first kappa shape index (κ1) is 14.2. The molecule has 0 aliphatic carbocycles. The number of nitrogens with zero attached hydrogens (tertiary/aromatic N) is 1. The first-order valence-electron chi connectivity index (χ1n) is 3.44. The number of aromatic nitrogens is 1. The van der Waals surface area contributed by atoms with Crippen molar-refractivity contribution < 1.29 is 0 Å². The van der Waals surface area contributed by atoms with Crippen molar-refractivity contribution in [2.75, 3.05) is 6.54 Å². The number of hydrogen-bond acceptors (Lipinski definition) is 2. The zero-order chi connectivity index (χ0) is 7.40. The van der Waals surface area contributed by atoms with E-state index >= 15 is 0 Å². The zero-order valence-electron chi connectivity index (χ0n) is 6.99. The van der Waals surface area contributed by atoms with Crippen LogP contribution in [0.2, 0.25) is 0 Å². The lowest BCUT2D eigenvalue weighted by Gasteiger charge is -1.96. The van der Waals surface area contributed by atoms with Crippen molar-refractivity contribution in [3.8, 4) is 0 Å². The third-order valence-corrected chi connectivity index (χ3v) is 1.37. The SMILES string of the molecule is Cc1ccc(CCN)nc1.Cl.Cl. The van der Waals surface area contributed by atoms with Crippen LogP contribution >= 0.6 is 24.8 Å². The van der Waals surface area contributed by atoms with Gasteiger partial charge in [0.2, 0.25) is 0 Å². The predicted molar refractivity (Wildman–Crippen MR) is 56.2 cm³/mol. The van der Waals surface area contributed by atoms with Gasteiger partial charge >= 0.3 is 0 Å². The summed E-state index contributed by atoms with van der Waals surface area (Å²) in [6.45, 7) is 2.70. The summed E-state index contributed by atoms with van der Waals surface area (Å²) in [6, 6.07) is 4.07. The predicted octanol–water partition coefficient (Wildman–Crippen LogP) is 1.73. The number of hydrogen-bond donors (Lipinski definition) is 1. The van der Waals surface area contributed by atoms with Gasteiger partial charge in [0, 0.05) is 18.3 Å². The molecule has 0 fully saturated rings. The number of halogens is 2. The van der Waals surface area contributed by atoms with Crippen molar-refractivity contribution in [1.29, 1.82) is 0 Å². The van der Waals surface area contributed by atoms with Gasteiger partial charge in [-0.05, 0) is 25.1 Å². The maximum atomic E-state index is 5.36. The quantitative estimate of drug-likeness (QED) is 0.805. The van der Waals surface area contributed by atoms with E-state index in [0.717, 1.165) is 12.1 Å². The van der Waals surface area contributed by atoms with Crippen molar-refractivity contribution >= 4 is 24.8 Å². The molecule has 1 aromatic rings. The molecule has 0 radical (unpaired) electrons. The standard InChI is InChI=1S/C8H12N2.2ClH/c1-7-2-3-8(4-5-9)10-6-7;;/h2-3,6H,4-5,9H2,1H3;2*1H. The molecule has 0 spiro atoms. The smallest absolute Gasteiger partial charge is 0.0416 e. The minimum Gasteiger partial charge on any atom is -0.330 e. The molecule has 0 saturated heterocycles. The molecule has 1 rings (SSSR count). The van der Waals surface area contributed by atoms with Crippen LogP contribution in [0.25, 0.3) is 0 Å². The van der Waals surface area contributed by atoms with Crippen molar-refractivity contribution in [1.82, 2.24) is 4.98 Å². The van der Waals surface area contributed by atoms with Gasteiger partial charge < -0.3 is 5.73 Å². The van der Waals surface area contributed by atoms with Crippen LogP contribution in [0, 0.1) is 6.92 Å². The van der Waals surface area contributed by atoms with Crippen LogP contribution in [0.3, 0.4) is 0 Å². The normalized spacial score (nSPS) is 8.17. The fourth-order valence-corrected chi connectivity index (χ4v) is 0.794. The van der Waals surface area contributed by atoms with Gasteiger partial charge in [0.25, 0.3) is 0 Å². The summed E-state index contributed by atoms with van der Waals surface area (Å²) in [6.07, 6.45) is 2.74. The summed E-state index contributed by atoms with van der Waals surface area (Å²) < 4.78 is 0. The monoisotopic (exact) mass is 208 g/mol. The first-order valence-corrected chi connectivity index (χ1v) is 3.44. The minimum atomic E-state index is 0. The number of nitrogens with two attached hydrogens (primary N) is 1. The lowest BCUT2D eigenvalue weighted by atomic mass is 10.2. The highest BCUT2D eigenvalue weighted by atomic mass is 35.5. The minimum absolute atomic E-state index is 0. The van der Waals surface area contributed by atoms with Gasteiger partial charge in [-0.1, -0.05) is 6.07 Å². The van der Waals surface area contributed by atoms with Crippen molar-refractivity contribution in [3.05, 3.63) is 29.6 Å². The van der Waals surface area contributed by atoms with E-state index in [1.54, 1.807) is 0 Å². The van der Waals surface area contributed by atoms with E-state index in [1.807, 2.05) is 19.2 Å². The Balaban J connectivity index is 0. The Morgan fingerprint density at radius 3 is 2.42 bits per heavy atom. The van der Waals surface area contributed by atoms with Gasteiger partial charge in [-0.15, -0.1) is 24.8 Å². The molecule has 1 aromatic heterocycles. The molecule has 0 saturated carbocycles. The molecule has 0 aromatic carbocycles. The highest BCUT2D eigenvalue weighted by molar-refractivity contribution is 5.85. The van der Waals surface area contributed by atoms with Crippen molar-refractivity contribution in [3.63, 3.8) is 0 Å². The van der Waals surface area contributed by atoms with E-state index in [-0.39, 0.29) is 24.8 Å². The molecule has 0 aliphatic rings. The van der Waals surface area contributed by atoms with Crippen molar-refractivity contribution in [2.45, 2.75) is 13.3 Å². The second kappa shape index (κ2) is 7.35. The molecule has 0 amide bonds. The van der Waals surface area contributed by atoms with Crippen LogP contribution in [0.4, 0.5) is 0 Å². The molecule has 70 valence electrons. The maximum absolute atomic E-state index is 5.36. The Bertz CT molecular complexity index is 199. The molecular formula is C8H14Cl2N2. The van der Waals surface area contributed by atoms with Crippen LogP contribution in [0.15, 0.2) is 18.3 Å². The second-order valence-corrected chi connectivity index (χ2v) is 2.37. The molecule has 4 heteroatoms. The third kappa shape index (κ3) is 4.54. The lowest BCUT2D eigenvalue weighted by molar-refractivity contribution is 0.920. The first-order chi connectivity index (χ1) is 4.83. The average molecular weight is 209 g/mol. The highest BCUT2D eigenvalue weighted by Gasteiger charge is 1.89. The van der Waals surface area contributed by atoms with Gasteiger partial charge in [-0.3, -0.25) is 4.98 Å². The van der Waals surface area contributed by atoms with E-state index in [2.05, 4.69) is 11.1 Å². The lowest BCUT2D eigenvalue weighted by Crippen LogP contribution is -2.03. The fraction of sp³-hybridized carbons (Fsp3) is 0.375. The second-order valence-electron chi connectivity index (χ2n) is 2.37. The van der Waals surface area contributed by atoms with E-state index < -0.39 is 0 Å². The molecule has 2 nitrogen and oxygen atoms in total. The summed E-state index contributed by atoms with van der Waals surface area (Å²) in [7, 11) is 0. The maximum Gasteiger partial charge on any atom is 0.0416 e. The van der Waals surface area contributed by atoms with Gasteiger partial charge in [0.15, 0.2) is 0 Å². The Hall–Kier alpha value is -0.310. The van der Waals surface area contributed by atoms with Crippen LogP contribution in [0.5, 0.6) is 0 Å². The molecule has 2 N–H and O–H groups in total. The molecule has 0 unspecified atom stereocenters. The van der Waals surface area contributed by atoms with Gasteiger partial charge in [-0.2, -0.15) is 0 Å². The van der Waals surface area contributed by atoms with Gasteiger partial charge in [0.1, 0.15) is 0 Å². The number of rotatable bonds is 2. The van der Waals surface area contributed by atoms with E-state index in [9.17, 15) is 0 Å². The van der Waals surface area contributed by atoms with Crippen molar-refractivity contribution in [2.24, 2.45) is 5.73 Å². The van der Waals surface area contributed by atoms with E-state index in [0.29, 0.717) is 6.54 Å². The molecule has 0 aliphatic heterocycles. The molecule has 0 atom stereocenters. The van der Waals surface area contributed by atoms with Crippen LogP contribution in [0.1, 0.15) is 11.3 Å². The summed E-state index contributed by atoms with van der Waals surface area (Å²) in [5, 5.41) is 0. The number of pyridine rings is 1. The summed E-state index contributed by atoms with van der Waals surface area (Å²) in [4.78, 5) is 4.19. The zero-order valence-corrected chi connectivity index (χ0v) is 8.62. The average Bonchev–Trinajstić information content (AvgIpc) is 1.95. The fourth-order valence-electron chi connectivity index (χ4n) is 0.794. The van der Waals surface area contributed by atoms with Crippen LogP contribution in [-0.4, -0.2) is 11.5 Å². The molecule has 1 heterocycles. The Morgan fingerprint density at radius 2 is 2.00 bits per heavy atom. The summed E-state index contributed by atoms with van der Waals surface area (Å²) >= 11 is 0. The highest BCUT2D eigenvalue weighted by Crippen LogP contribution is 1.97. The van der Waals surface area contributed by atoms with Gasteiger partial charge in [0.05, 0.1) is 0 Å². The molecule has 12 heavy (non-hydrogen) atoms. The summed E-state index contributed by atoms with van der Waals surface area (Å²) in [5.41, 5.74) is 7.63. The topological polar surface area (TPSA) is 38.9 Å². The van der Waals surface area contributed by atoms with Gasteiger partial charge in [-0.25, -0.2) is 0 Å². The third-order valence-electron chi connectivity index (χ3n) is 1.37.